The third-order valence-electron chi connectivity index (χ3n) is 4.76. The van der Waals surface area contributed by atoms with Crippen LogP contribution in [0.1, 0.15) is 37.1 Å². The highest BCUT2D eigenvalue weighted by Crippen LogP contribution is 2.18. The van der Waals surface area contributed by atoms with Gasteiger partial charge in [0.05, 0.1) is 23.6 Å². The lowest BCUT2D eigenvalue weighted by Gasteiger charge is -2.28. The van der Waals surface area contributed by atoms with Gasteiger partial charge >= 0.3 is 0 Å². The van der Waals surface area contributed by atoms with Gasteiger partial charge in [-0.05, 0) is 51.1 Å². The minimum Gasteiger partial charge on any atom is -0.340 e. The van der Waals surface area contributed by atoms with Crippen molar-refractivity contribution in [2.75, 3.05) is 20.6 Å². The number of hydrogen-bond acceptors (Lipinski definition) is 3. The number of H-pyrrole nitrogens is 1. The van der Waals surface area contributed by atoms with Crippen molar-refractivity contribution in [1.29, 1.82) is 0 Å². The SMILES string of the molecule is Cc1ccc2nc(CN(C)C(=O)[C@@H]3CCCCCN3C)[nH]c2c1. The van der Waals surface area contributed by atoms with Gasteiger partial charge in [-0.1, -0.05) is 18.9 Å². The molecule has 124 valence electrons. The number of carbonyl (C=O) groups is 1. The van der Waals surface area contributed by atoms with E-state index in [9.17, 15) is 4.79 Å². The van der Waals surface area contributed by atoms with E-state index in [2.05, 4.69) is 41.0 Å². The Morgan fingerprint density at radius 2 is 2.22 bits per heavy atom. The number of imidazole rings is 1. The summed E-state index contributed by atoms with van der Waals surface area (Å²) < 4.78 is 0. The summed E-state index contributed by atoms with van der Waals surface area (Å²) in [6.45, 7) is 3.60. The fourth-order valence-electron chi connectivity index (χ4n) is 3.37. The van der Waals surface area contributed by atoms with Gasteiger partial charge in [-0.25, -0.2) is 4.98 Å². The first-order valence-corrected chi connectivity index (χ1v) is 8.45. The predicted octanol–water partition coefficient (Wildman–Crippen LogP) is 2.70. The number of nitrogens with zero attached hydrogens (tertiary/aromatic N) is 3. The molecule has 1 aromatic heterocycles. The second kappa shape index (κ2) is 6.71. The molecule has 1 N–H and O–H groups in total. The monoisotopic (exact) mass is 314 g/mol. The quantitative estimate of drug-likeness (QED) is 0.947. The Bertz CT molecular complexity index is 693. The van der Waals surface area contributed by atoms with Gasteiger partial charge in [0.15, 0.2) is 0 Å². The molecule has 1 saturated heterocycles. The highest BCUT2D eigenvalue weighted by Gasteiger charge is 2.27. The van der Waals surface area contributed by atoms with Crippen LogP contribution in [0.25, 0.3) is 11.0 Å². The van der Waals surface area contributed by atoms with Crippen molar-refractivity contribution in [3.05, 3.63) is 29.6 Å². The lowest BCUT2D eigenvalue weighted by molar-refractivity contribution is -0.135. The molecular weight excluding hydrogens is 288 g/mol. The maximum Gasteiger partial charge on any atom is 0.240 e. The topological polar surface area (TPSA) is 52.2 Å². The minimum atomic E-state index is 0.00845. The zero-order valence-electron chi connectivity index (χ0n) is 14.3. The molecule has 23 heavy (non-hydrogen) atoms. The summed E-state index contributed by atoms with van der Waals surface area (Å²) in [7, 11) is 3.94. The number of carbonyl (C=O) groups excluding carboxylic acids is 1. The normalized spacial score (nSPS) is 19.7. The van der Waals surface area contributed by atoms with E-state index in [-0.39, 0.29) is 11.9 Å². The lowest BCUT2D eigenvalue weighted by atomic mass is 10.1. The molecule has 0 unspecified atom stereocenters. The van der Waals surface area contributed by atoms with Crippen LogP contribution in [0.15, 0.2) is 18.2 Å². The Labute approximate surface area is 137 Å². The van der Waals surface area contributed by atoms with Crippen LogP contribution in [0, 0.1) is 6.92 Å². The van der Waals surface area contributed by atoms with E-state index in [1.54, 1.807) is 4.90 Å². The second-order valence-corrected chi connectivity index (χ2v) is 6.74. The predicted molar refractivity (Wildman–Crippen MR) is 92.2 cm³/mol. The summed E-state index contributed by atoms with van der Waals surface area (Å²) in [4.78, 5) is 24.7. The van der Waals surface area contributed by atoms with Crippen molar-refractivity contribution >= 4 is 16.9 Å². The van der Waals surface area contributed by atoms with E-state index in [0.717, 1.165) is 36.2 Å². The smallest absolute Gasteiger partial charge is 0.240 e. The zero-order valence-corrected chi connectivity index (χ0v) is 14.3. The Balaban J connectivity index is 1.71. The highest BCUT2D eigenvalue weighted by molar-refractivity contribution is 5.82. The molecule has 0 radical (unpaired) electrons. The second-order valence-electron chi connectivity index (χ2n) is 6.74. The third-order valence-corrected chi connectivity index (χ3v) is 4.76. The number of hydrogen-bond donors (Lipinski definition) is 1. The number of fused-ring (bicyclic) bond motifs is 1. The summed E-state index contributed by atoms with van der Waals surface area (Å²) in [6.07, 6.45) is 4.51. The van der Waals surface area contributed by atoms with E-state index in [4.69, 9.17) is 0 Å². The molecule has 2 aromatic rings. The minimum absolute atomic E-state index is 0.00845. The average molecular weight is 314 g/mol. The number of likely N-dealkylation sites (N-methyl/N-ethyl adjacent to an activating group) is 2. The molecule has 1 aliphatic heterocycles. The fraction of sp³-hybridized carbons (Fsp3) is 0.556. The maximum atomic E-state index is 12.8. The van der Waals surface area contributed by atoms with Gasteiger partial charge in [-0.2, -0.15) is 0 Å². The summed E-state index contributed by atoms with van der Waals surface area (Å²) in [5.41, 5.74) is 3.20. The first kappa shape index (κ1) is 16.0. The standard InChI is InChI=1S/C18H26N4O/c1-13-8-9-14-15(11-13)20-17(19-14)12-22(3)18(23)16-7-5-4-6-10-21(16)2/h8-9,11,16H,4-7,10,12H2,1-3H3,(H,19,20)/t16-/m0/s1. The molecule has 1 aliphatic rings. The van der Waals surface area contributed by atoms with E-state index in [0.29, 0.717) is 6.54 Å². The van der Waals surface area contributed by atoms with Gasteiger partial charge in [-0.15, -0.1) is 0 Å². The summed E-state index contributed by atoms with van der Waals surface area (Å²) >= 11 is 0. The highest BCUT2D eigenvalue weighted by atomic mass is 16.2. The molecule has 5 heteroatoms. The molecular formula is C18H26N4O. The van der Waals surface area contributed by atoms with Crippen molar-refractivity contribution in [2.45, 2.75) is 45.2 Å². The van der Waals surface area contributed by atoms with Crippen molar-refractivity contribution in [3.8, 4) is 0 Å². The molecule has 1 fully saturated rings. The van der Waals surface area contributed by atoms with Gasteiger partial charge in [0, 0.05) is 7.05 Å². The molecule has 0 bridgehead atoms. The number of amides is 1. The van der Waals surface area contributed by atoms with Crippen molar-refractivity contribution in [3.63, 3.8) is 0 Å². The first-order valence-electron chi connectivity index (χ1n) is 8.45. The summed E-state index contributed by atoms with van der Waals surface area (Å²) in [6, 6.07) is 6.18. The van der Waals surface area contributed by atoms with E-state index < -0.39 is 0 Å². The van der Waals surface area contributed by atoms with Gasteiger partial charge in [0.2, 0.25) is 5.91 Å². The number of likely N-dealkylation sites (tertiary alicyclic amines) is 1. The summed E-state index contributed by atoms with van der Waals surface area (Å²) in [5, 5.41) is 0. The summed E-state index contributed by atoms with van der Waals surface area (Å²) in [5.74, 6) is 1.05. The molecule has 0 saturated carbocycles. The van der Waals surface area contributed by atoms with Crippen LogP contribution in [-0.4, -0.2) is 52.4 Å². The van der Waals surface area contributed by atoms with Gasteiger partial charge < -0.3 is 9.88 Å². The van der Waals surface area contributed by atoms with Gasteiger partial charge in [0.1, 0.15) is 5.82 Å². The third kappa shape index (κ3) is 3.55. The van der Waals surface area contributed by atoms with Crippen molar-refractivity contribution in [2.24, 2.45) is 0 Å². The van der Waals surface area contributed by atoms with Gasteiger partial charge in [-0.3, -0.25) is 9.69 Å². The molecule has 1 aromatic carbocycles. The number of benzene rings is 1. The van der Waals surface area contributed by atoms with Crippen LogP contribution in [0.3, 0.4) is 0 Å². The number of aromatic nitrogens is 2. The number of aryl methyl sites for hydroxylation is 1. The van der Waals surface area contributed by atoms with E-state index in [1.807, 2.05) is 13.1 Å². The van der Waals surface area contributed by atoms with E-state index >= 15 is 0 Å². The molecule has 0 spiro atoms. The Morgan fingerprint density at radius 3 is 3.04 bits per heavy atom. The zero-order chi connectivity index (χ0) is 16.4. The van der Waals surface area contributed by atoms with Crippen LogP contribution in [0.4, 0.5) is 0 Å². The lowest BCUT2D eigenvalue weighted by Crippen LogP contribution is -2.45. The number of nitrogens with one attached hydrogen (secondary N) is 1. The molecule has 1 amide bonds. The molecule has 5 nitrogen and oxygen atoms in total. The Hall–Kier alpha value is -1.88. The largest absolute Gasteiger partial charge is 0.340 e. The molecule has 3 rings (SSSR count). The number of rotatable bonds is 3. The average Bonchev–Trinajstić information content (AvgIpc) is 2.78. The van der Waals surface area contributed by atoms with Crippen LogP contribution in [0.2, 0.25) is 0 Å². The Morgan fingerprint density at radius 1 is 1.39 bits per heavy atom. The van der Waals surface area contributed by atoms with E-state index in [1.165, 1.54) is 18.4 Å². The van der Waals surface area contributed by atoms with Crippen molar-refractivity contribution < 1.29 is 4.79 Å². The molecule has 1 atom stereocenters. The van der Waals surface area contributed by atoms with Crippen LogP contribution < -0.4 is 0 Å². The van der Waals surface area contributed by atoms with Crippen LogP contribution in [0.5, 0.6) is 0 Å². The molecule has 0 aliphatic carbocycles. The van der Waals surface area contributed by atoms with Crippen LogP contribution >= 0.6 is 0 Å². The number of aromatic amines is 1. The van der Waals surface area contributed by atoms with Crippen LogP contribution in [-0.2, 0) is 11.3 Å². The van der Waals surface area contributed by atoms with Gasteiger partial charge in [0.25, 0.3) is 0 Å². The fourth-order valence-corrected chi connectivity index (χ4v) is 3.37. The maximum absolute atomic E-state index is 12.8. The Kier molecular flexibility index (Phi) is 4.66. The first-order chi connectivity index (χ1) is 11.0. The van der Waals surface area contributed by atoms with Crippen molar-refractivity contribution in [1.82, 2.24) is 19.8 Å². The molecule has 2 heterocycles.